The van der Waals surface area contributed by atoms with E-state index in [1.54, 1.807) is 25.1 Å². The Bertz CT molecular complexity index is 981. The van der Waals surface area contributed by atoms with E-state index in [1.165, 1.54) is 37.5 Å². The van der Waals surface area contributed by atoms with Crippen LogP contribution >= 0.6 is 0 Å². The number of fused-ring (bicyclic) bond motifs is 1. The molecule has 0 spiro atoms. The number of aryl methyl sites for hydroxylation is 1. The van der Waals surface area contributed by atoms with E-state index in [-0.39, 0.29) is 23.0 Å². The summed E-state index contributed by atoms with van der Waals surface area (Å²) in [6.07, 6.45) is 11.4. The van der Waals surface area contributed by atoms with E-state index in [0.29, 0.717) is 23.0 Å². The molecule has 2 aromatic rings. The Balaban J connectivity index is 1.42. The van der Waals surface area contributed by atoms with Crippen LogP contribution in [0.2, 0.25) is 0 Å². The average Bonchev–Trinajstić information content (AvgIpc) is 2.76. The number of benzene rings is 2. The van der Waals surface area contributed by atoms with Crippen LogP contribution in [0.25, 0.3) is 0 Å². The maximum atomic E-state index is 15.0. The van der Waals surface area contributed by atoms with Crippen LogP contribution in [-0.2, 0) is 0 Å². The van der Waals surface area contributed by atoms with Gasteiger partial charge in [-0.05, 0) is 105 Å². The normalized spacial score (nSPS) is 25.9. The Labute approximate surface area is 183 Å². The van der Waals surface area contributed by atoms with Gasteiger partial charge in [0.1, 0.15) is 17.4 Å². The molecule has 2 aliphatic rings. The summed E-state index contributed by atoms with van der Waals surface area (Å²) in [5.74, 6) is 0.962. The quantitative estimate of drug-likeness (QED) is 0.291. The lowest BCUT2D eigenvalue weighted by Crippen LogP contribution is -2.30. The second-order valence-electron chi connectivity index (χ2n) is 9.17. The van der Waals surface area contributed by atoms with E-state index in [0.717, 1.165) is 25.2 Å². The maximum Gasteiger partial charge on any atom is 0.343 e. The van der Waals surface area contributed by atoms with Crippen molar-refractivity contribution < 1.29 is 18.3 Å². The fourth-order valence-electron chi connectivity index (χ4n) is 5.44. The van der Waals surface area contributed by atoms with Crippen LogP contribution in [0.15, 0.2) is 48.6 Å². The highest BCUT2D eigenvalue weighted by Gasteiger charge is 2.36. The molecule has 4 heteroatoms. The van der Waals surface area contributed by atoms with Crippen molar-refractivity contribution in [2.45, 2.75) is 58.3 Å². The van der Waals surface area contributed by atoms with Crippen LogP contribution in [0.3, 0.4) is 0 Å². The summed E-state index contributed by atoms with van der Waals surface area (Å²) in [6, 6.07) is 8.87. The van der Waals surface area contributed by atoms with Gasteiger partial charge in [0.25, 0.3) is 0 Å². The highest BCUT2D eigenvalue weighted by atomic mass is 19.1. The molecule has 4 atom stereocenters. The third kappa shape index (κ3) is 4.89. The van der Waals surface area contributed by atoms with Gasteiger partial charge in [-0.2, -0.15) is 0 Å². The minimum atomic E-state index is -0.681. The highest BCUT2D eigenvalue weighted by molar-refractivity contribution is 5.91. The lowest BCUT2D eigenvalue weighted by atomic mass is 9.64. The second kappa shape index (κ2) is 9.33. The fourth-order valence-corrected chi connectivity index (χ4v) is 5.44. The summed E-state index contributed by atoms with van der Waals surface area (Å²) in [7, 11) is 0. The Morgan fingerprint density at radius 3 is 2.48 bits per heavy atom. The zero-order valence-corrected chi connectivity index (χ0v) is 18.2. The van der Waals surface area contributed by atoms with Gasteiger partial charge in [-0.15, -0.1) is 0 Å². The van der Waals surface area contributed by atoms with Gasteiger partial charge in [0.2, 0.25) is 0 Å². The second-order valence-corrected chi connectivity index (χ2v) is 9.17. The van der Waals surface area contributed by atoms with Crippen LogP contribution in [0.5, 0.6) is 5.75 Å². The molecule has 2 saturated carbocycles. The molecule has 0 amide bonds. The van der Waals surface area contributed by atoms with Crippen LogP contribution in [0.4, 0.5) is 8.78 Å². The molecular formula is C27H30F2O2. The predicted octanol–water partition coefficient (Wildman–Crippen LogP) is 7.37. The van der Waals surface area contributed by atoms with Crippen LogP contribution < -0.4 is 4.74 Å². The molecule has 0 heterocycles. The van der Waals surface area contributed by atoms with Crippen molar-refractivity contribution in [2.24, 2.45) is 17.8 Å². The topological polar surface area (TPSA) is 26.3 Å². The van der Waals surface area contributed by atoms with Crippen molar-refractivity contribution in [3.05, 3.63) is 76.9 Å². The summed E-state index contributed by atoms with van der Waals surface area (Å²) >= 11 is 0. The van der Waals surface area contributed by atoms with E-state index in [2.05, 4.69) is 19.1 Å². The molecule has 0 N–H and O–H groups in total. The standard InChI is InChI=1S/C27H30F2O2/c1-3-4-18-6-7-20-14-21(9-8-19(20)13-18)24-12-10-22(15-26(24)29)27(30)31-23-11-5-17(2)25(28)16-23/h3-5,10-12,15-16,18-21H,6-9,13-14H2,1-2H3/b4-3+. The van der Waals surface area contributed by atoms with E-state index in [9.17, 15) is 13.6 Å². The van der Waals surface area contributed by atoms with Gasteiger partial charge >= 0.3 is 5.97 Å². The van der Waals surface area contributed by atoms with Crippen molar-refractivity contribution in [1.82, 2.24) is 0 Å². The fraction of sp³-hybridized carbons (Fsp3) is 0.444. The molecule has 0 aromatic heterocycles. The number of carbonyl (C=O) groups is 1. The minimum absolute atomic E-state index is 0.115. The first-order valence-electron chi connectivity index (χ1n) is 11.3. The Morgan fingerprint density at radius 1 is 0.968 bits per heavy atom. The van der Waals surface area contributed by atoms with E-state index >= 15 is 0 Å². The number of rotatable bonds is 4. The van der Waals surface area contributed by atoms with Crippen LogP contribution in [0.1, 0.15) is 72.9 Å². The van der Waals surface area contributed by atoms with Crippen LogP contribution in [-0.4, -0.2) is 5.97 Å². The molecule has 2 nitrogen and oxygen atoms in total. The van der Waals surface area contributed by atoms with E-state index in [4.69, 9.17) is 4.74 Å². The van der Waals surface area contributed by atoms with Gasteiger partial charge in [0.05, 0.1) is 5.56 Å². The van der Waals surface area contributed by atoms with Gasteiger partial charge in [-0.1, -0.05) is 24.3 Å². The monoisotopic (exact) mass is 424 g/mol. The molecule has 0 saturated heterocycles. The predicted molar refractivity (Wildman–Crippen MR) is 118 cm³/mol. The number of halogens is 2. The molecule has 164 valence electrons. The first-order valence-corrected chi connectivity index (χ1v) is 11.3. The number of hydrogen-bond acceptors (Lipinski definition) is 2. The third-order valence-corrected chi connectivity index (χ3v) is 7.15. The lowest BCUT2D eigenvalue weighted by molar-refractivity contribution is 0.0733. The number of allylic oxidation sites excluding steroid dienone is 2. The Hall–Kier alpha value is -2.49. The van der Waals surface area contributed by atoms with Gasteiger partial charge in [-0.3, -0.25) is 0 Å². The van der Waals surface area contributed by atoms with E-state index < -0.39 is 11.8 Å². The van der Waals surface area contributed by atoms with Gasteiger partial charge in [0, 0.05) is 6.07 Å². The van der Waals surface area contributed by atoms with Gasteiger partial charge in [0.15, 0.2) is 0 Å². The Morgan fingerprint density at radius 2 is 1.74 bits per heavy atom. The van der Waals surface area contributed by atoms with Crippen molar-refractivity contribution in [2.75, 3.05) is 0 Å². The molecule has 2 fully saturated rings. The maximum absolute atomic E-state index is 15.0. The summed E-state index contributed by atoms with van der Waals surface area (Å²) in [5.41, 5.74) is 1.31. The summed E-state index contributed by atoms with van der Waals surface area (Å²) in [4.78, 5) is 12.4. The number of hydrogen-bond donors (Lipinski definition) is 0. The molecule has 0 bridgehead atoms. The summed E-state index contributed by atoms with van der Waals surface area (Å²) < 4.78 is 33.9. The zero-order valence-electron chi connectivity index (χ0n) is 18.2. The van der Waals surface area contributed by atoms with Crippen molar-refractivity contribution in [3.8, 4) is 5.75 Å². The minimum Gasteiger partial charge on any atom is -0.423 e. The molecule has 2 aliphatic carbocycles. The number of esters is 1. The molecule has 0 aliphatic heterocycles. The van der Waals surface area contributed by atoms with Crippen molar-refractivity contribution in [3.63, 3.8) is 0 Å². The average molecular weight is 425 g/mol. The zero-order chi connectivity index (χ0) is 22.0. The van der Waals surface area contributed by atoms with E-state index in [1.807, 2.05) is 0 Å². The van der Waals surface area contributed by atoms with Gasteiger partial charge in [-0.25, -0.2) is 13.6 Å². The highest BCUT2D eigenvalue weighted by Crippen LogP contribution is 2.48. The smallest absolute Gasteiger partial charge is 0.343 e. The SMILES string of the molecule is C/C=C/C1CCC2CC(c3ccc(C(=O)Oc4ccc(C)c(F)c4)cc3F)CCC2C1. The molecule has 4 rings (SSSR count). The lowest BCUT2D eigenvalue weighted by Gasteiger charge is -2.41. The number of ether oxygens (including phenoxy) is 1. The molecule has 4 unspecified atom stereocenters. The molecule has 0 radical (unpaired) electrons. The summed E-state index contributed by atoms with van der Waals surface area (Å²) in [5, 5.41) is 0. The molecular weight excluding hydrogens is 394 g/mol. The largest absolute Gasteiger partial charge is 0.423 e. The van der Waals surface area contributed by atoms with Crippen molar-refractivity contribution in [1.29, 1.82) is 0 Å². The molecule has 31 heavy (non-hydrogen) atoms. The van der Waals surface area contributed by atoms with Gasteiger partial charge < -0.3 is 4.74 Å². The van der Waals surface area contributed by atoms with Crippen molar-refractivity contribution >= 4 is 5.97 Å². The Kier molecular flexibility index (Phi) is 6.54. The first kappa shape index (κ1) is 21.7. The summed E-state index contributed by atoms with van der Waals surface area (Å²) in [6.45, 7) is 3.72. The molecule has 2 aromatic carbocycles. The first-order chi connectivity index (χ1) is 14.9. The number of carbonyl (C=O) groups excluding carboxylic acids is 1. The third-order valence-electron chi connectivity index (χ3n) is 7.15. The van der Waals surface area contributed by atoms with Crippen LogP contribution in [0, 0.1) is 36.3 Å².